The lowest BCUT2D eigenvalue weighted by Gasteiger charge is -2.10. The molecule has 0 bridgehead atoms. The molecule has 0 fully saturated rings. The second kappa shape index (κ2) is 10.7. The minimum absolute atomic E-state index is 0.491. The molecule has 0 radical (unpaired) electrons. The second-order valence-corrected chi connectivity index (χ2v) is 5.80. The van der Waals surface area contributed by atoms with E-state index in [9.17, 15) is 4.39 Å². The lowest BCUT2D eigenvalue weighted by atomic mass is 10.1. The summed E-state index contributed by atoms with van der Waals surface area (Å²) >= 11 is 0. The van der Waals surface area contributed by atoms with Gasteiger partial charge in [-0.25, -0.2) is 4.39 Å². The molecule has 1 unspecified atom stereocenters. The SMILES string of the molecule is CCCCCNCC(F)CCCc1ccc(CC)c(C)n1. The molecule has 1 rings (SSSR count). The van der Waals surface area contributed by atoms with Crippen LogP contribution < -0.4 is 5.32 Å². The van der Waals surface area contributed by atoms with Crippen molar-refractivity contribution in [2.24, 2.45) is 0 Å². The Kier molecular flexibility index (Phi) is 9.24. The van der Waals surface area contributed by atoms with Crippen molar-refractivity contribution in [2.45, 2.75) is 71.9 Å². The molecule has 0 saturated carbocycles. The molecule has 1 N–H and O–H groups in total. The third-order valence-corrected chi connectivity index (χ3v) is 3.91. The van der Waals surface area contributed by atoms with Gasteiger partial charge in [-0.05, 0) is 57.2 Å². The van der Waals surface area contributed by atoms with Crippen molar-refractivity contribution < 1.29 is 4.39 Å². The van der Waals surface area contributed by atoms with Crippen LogP contribution in [-0.4, -0.2) is 24.2 Å². The molecule has 2 nitrogen and oxygen atoms in total. The standard InChI is InChI=1S/C18H31FN2/c1-4-6-7-13-20-14-17(19)9-8-10-18-12-11-16(5-2)15(3)21-18/h11-12,17,20H,4-10,13-14H2,1-3H3. The molecule has 0 spiro atoms. The Morgan fingerprint density at radius 2 is 2.00 bits per heavy atom. The maximum Gasteiger partial charge on any atom is 0.112 e. The number of alkyl halides is 1. The Labute approximate surface area is 129 Å². The van der Waals surface area contributed by atoms with Crippen molar-refractivity contribution in [3.63, 3.8) is 0 Å². The number of aryl methyl sites for hydroxylation is 3. The fraction of sp³-hybridized carbons (Fsp3) is 0.722. The Bertz CT molecular complexity index is 393. The number of hydrogen-bond donors (Lipinski definition) is 1. The fourth-order valence-corrected chi connectivity index (χ4v) is 2.52. The quantitative estimate of drug-likeness (QED) is 0.612. The predicted molar refractivity (Wildman–Crippen MR) is 88.6 cm³/mol. The third-order valence-electron chi connectivity index (χ3n) is 3.91. The zero-order valence-corrected chi connectivity index (χ0v) is 13.9. The van der Waals surface area contributed by atoms with Gasteiger partial charge in [0.15, 0.2) is 0 Å². The van der Waals surface area contributed by atoms with Crippen molar-refractivity contribution in [1.29, 1.82) is 0 Å². The van der Waals surface area contributed by atoms with Crippen LogP contribution in [0.2, 0.25) is 0 Å². The summed E-state index contributed by atoms with van der Waals surface area (Å²) in [5, 5.41) is 3.20. The van der Waals surface area contributed by atoms with Crippen LogP contribution in [0.1, 0.15) is 62.9 Å². The Morgan fingerprint density at radius 1 is 1.19 bits per heavy atom. The van der Waals surface area contributed by atoms with E-state index >= 15 is 0 Å². The highest BCUT2D eigenvalue weighted by atomic mass is 19.1. The average molecular weight is 294 g/mol. The van der Waals surface area contributed by atoms with E-state index in [1.807, 2.05) is 0 Å². The van der Waals surface area contributed by atoms with Crippen LogP contribution in [0.4, 0.5) is 4.39 Å². The summed E-state index contributed by atoms with van der Waals surface area (Å²) in [5.74, 6) is 0. The number of nitrogens with zero attached hydrogens (tertiary/aromatic N) is 1. The normalized spacial score (nSPS) is 12.6. The van der Waals surface area contributed by atoms with Gasteiger partial charge in [-0.2, -0.15) is 0 Å². The van der Waals surface area contributed by atoms with Gasteiger partial charge in [-0.15, -0.1) is 0 Å². The van der Waals surface area contributed by atoms with Crippen LogP contribution in [0.25, 0.3) is 0 Å². The summed E-state index contributed by atoms with van der Waals surface area (Å²) < 4.78 is 13.7. The van der Waals surface area contributed by atoms with Gasteiger partial charge in [-0.1, -0.05) is 32.8 Å². The Hall–Kier alpha value is -0.960. The molecule has 0 saturated heterocycles. The molecule has 1 aromatic heterocycles. The summed E-state index contributed by atoms with van der Waals surface area (Å²) in [6, 6.07) is 4.24. The van der Waals surface area contributed by atoms with E-state index in [1.54, 1.807) is 0 Å². The Morgan fingerprint density at radius 3 is 2.67 bits per heavy atom. The minimum Gasteiger partial charge on any atom is -0.314 e. The van der Waals surface area contributed by atoms with Crippen molar-refractivity contribution in [3.8, 4) is 0 Å². The van der Waals surface area contributed by atoms with Crippen molar-refractivity contribution in [3.05, 3.63) is 29.1 Å². The van der Waals surface area contributed by atoms with Crippen LogP contribution in [0.15, 0.2) is 12.1 Å². The summed E-state index contributed by atoms with van der Waals surface area (Å²) in [4.78, 5) is 4.60. The van der Waals surface area contributed by atoms with E-state index in [1.165, 1.54) is 18.4 Å². The topological polar surface area (TPSA) is 24.9 Å². The Balaban J connectivity index is 2.16. The lowest BCUT2D eigenvalue weighted by molar-refractivity contribution is 0.295. The van der Waals surface area contributed by atoms with Gasteiger partial charge in [0.2, 0.25) is 0 Å². The largest absolute Gasteiger partial charge is 0.314 e. The summed E-state index contributed by atoms with van der Waals surface area (Å²) in [5.41, 5.74) is 3.51. The van der Waals surface area contributed by atoms with Gasteiger partial charge in [0.1, 0.15) is 6.17 Å². The van der Waals surface area contributed by atoms with Crippen LogP contribution in [0.3, 0.4) is 0 Å². The average Bonchev–Trinajstić information content (AvgIpc) is 2.47. The predicted octanol–water partition coefficient (Wildman–Crippen LogP) is 4.39. The monoisotopic (exact) mass is 294 g/mol. The molecule has 0 amide bonds. The molecule has 0 aliphatic carbocycles. The molecule has 1 heterocycles. The highest BCUT2D eigenvalue weighted by Gasteiger charge is 2.07. The molecular weight excluding hydrogens is 263 g/mol. The number of pyridine rings is 1. The molecule has 0 aliphatic rings. The van der Waals surface area contributed by atoms with Gasteiger partial charge < -0.3 is 5.32 Å². The first-order valence-electron chi connectivity index (χ1n) is 8.47. The first-order chi connectivity index (χ1) is 10.2. The highest BCUT2D eigenvalue weighted by Crippen LogP contribution is 2.11. The zero-order chi connectivity index (χ0) is 15.5. The number of unbranched alkanes of at least 4 members (excludes halogenated alkanes) is 2. The molecular formula is C18H31FN2. The summed E-state index contributed by atoms with van der Waals surface area (Å²) in [6.45, 7) is 7.81. The summed E-state index contributed by atoms with van der Waals surface area (Å²) in [6.07, 6.45) is 6.24. The van der Waals surface area contributed by atoms with Gasteiger partial charge in [0, 0.05) is 17.9 Å². The van der Waals surface area contributed by atoms with E-state index in [4.69, 9.17) is 0 Å². The van der Waals surface area contributed by atoms with Gasteiger partial charge in [0.05, 0.1) is 0 Å². The van der Waals surface area contributed by atoms with E-state index in [-0.39, 0.29) is 0 Å². The van der Waals surface area contributed by atoms with Crippen LogP contribution in [0.5, 0.6) is 0 Å². The number of hydrogen-bond acceptors (Lipinski definition) is 2. The van der Waals surface area contributed by atoms with E-state index in [2.05, 4.69) is 43.2 Å². The third kappa shape index (κ3) is 7.56. The zero-order valence-electron chi connectivity index (χ0n) is 13.9. The molecule has 1 aromatic rings. The van der Waals surface area contributed by atoms with E-state index in [0.717, 1.165) is 43.6 Å². The van der Waals surface area contributed by atoms with Crippen molar-refractivity contribution in [1.82, 2.24) is 10.3 Å². The van der Waals surface area contributed by atoms with E-state index in [0.29, 0.717) is 13.0 Å². The highest BCUT2D eigenvalue weighted by molar-refractivity contribution is 5.22. The fourth-order valence-electron chi connectivity index (χ4n) is 2.52. The number of halogens is 1. The minimum atomic E-state index is -0.734. The second-order valence-electron chi connectivity index (χ2n) is 5.80. The number of aromatic nitrogens is 1. The molecule has 0 aliphatic heterocycles. The van der Waals surface area contributed by atoms with Crippen molar-refractivity contribution >= 4 is 0 Å². The van der Waals surface area contributed by atoms with E-state index < -0.39 is 6.17 Å². The van der Waals surface area contributed by atoms with Crippen LogP contribution in [0, 0.1) is 6.92 Å². The van der Waals surface area contributed by atoms with Crippen LogP contribution in [-0.2, 0) is 12.8 Å². The molecule has 21 heavy (non-hydrogen) atoms. The molecule has 3 heteroatoms. The van der Waals surface area contributed by atoms with Crippen LogP contribution >= 0.6 is 0 Å². The maximum atomic E-state index is 13.7. The lowest BCUT2D eigenvalue weighted by Crippen LogP contribution is -2.25. The first kappa shape index (κ1) is 18.1. The van der Waals surface area contributed by atoms with Crippen molar-refractivity contribution in [2.75, 3.05) is 13.1 Å². The summed E-state index contributed by atoms with van der Waals surface area (Å²) in [7, 11) is 0. The number of rotatable bonds is 11. The number of nitrogens with one attached hydrogen (secondary N) is 1. The van der Waals surface area contributed by atoms with Gasteiger partial charge in [0.25, 0.3) is 0 Å². The molecule has 0 aromatic carbocycles. The smallest absolute Gasteiger partial charge is 0.112 e. The van der Waals surface area contributed by atoms with Gasteiger partial charge >= 0.3 is 0 Å². The first-order valence-corrected chi connectivity index (χ1v) is 8.47. The molecule has 120 valence electrons. The molecule has 1 atom stereocenters. The maximum absolute atomic E-state index is 13.7. The van der Waals surface area contributed by atoms with Gasteiger partial charge in [-0.3, -0.25) is 4.98 Å².